The third-order valence-corrected chi connectivity index (χ3v) is 6.62. The highest BCUT2D eigenvalue weighted by Crippen LogP contribution is 2.49. The van der Waals surface area contributed by atoms with Gasteiger partial charge in [-0.1, -0.05) is 62.7 Å². The normalized spacial score (nSPS) is 16.8. The zero-order valence-corrected chi connectivity index (χ0v) is 16.7. The summed E-state index contributed by atoms with van der Waals surface area (Å²) < 4.78 is 2.51. The molecule has 0 bridgehead atoms. The molecule has 2 nitrogen and oxygen atoms in total. The van der Waals surface area contributed by atoms with Gasteiger partial charge in [0.25, 0.3) is 0 Å². The van der Waals surface area contributed by atoms with E-state index >= 15 is 0 Å². The number of thiazole rings is 1. The lowest BCUT2D eigenvalue weighted by molar-refractivity contribution is 0.282. The van der Waals surface area contributed by atoms with Crippen LogP contribution in [0.5, 0.6) is 0 Å². The molecule has 26 heavy (non-hydrogen) atoms. The zero-order chi connectivity index (χ0) is 18.0. The van der Waals surface area contributed by atoms with Gasteiger partial charge in [-0.2, -0.15) is 0 Å². The Morgan fingerprint density at radius 3 is 2.54 bits per heavy atom. The van der Waals surface area contributed by atoms with Gasteiger partial charge in [-0.25, -0.2) is 0 Å². The summed E-state index contributed by atoms with van der Waals surface area (Å²) in [5.41, 5.74) is 3.14. The van der Waals surface area contributed by atoms with E-state index in [9.17, 15) is 0 Å². The van der Waals surface area contributed by atoms with E-state index in [1.165, 1.54) is 46.1 Å². The van der Waals surface area contributed by atoms with Crippen molar-refractivity contribution in [2.24, 2.45) is 4.99 Å². The average Bonchev–Trinajstić information content (AvgIpc) is 3.02. The van der Waals surface area contributed by atoms with Crippen LogP contribution in [0.4, 0.5) is 0 Å². The molecule has 0 N–H and O–H groups in total. The second-order valence-corrected chi connectivity index (χ2v) is 8.27. The summed E-state index contributed by atoms with van der Waals surface area (Å²) in [6, 6.07) is 15.8. The summed E-state index contributed by atoms with van der Waals surface area (Å²) in [6.45, 7) is 6.45. The van der Waals surface area contributed by atoms with Crippen LogP contribution in [0.2, 0.25) is 0 Å². The standard InChI is InChI=1S/C23H28N2S/c1-3-14-24-22-25(15-4-2)21(17-26-22)23(12-7-13-23)20-11-10-18-8-5-6-9-19(18)16-20/h5-6,8-11,16-17H,3-4,7,12-15H2,1-2H3/b24-22-. The number of hydrogen-bond acceptors (Lipinski definition) is 2. The number of hydrogen-bond donors (Lipinski definition) is 0. The molecule has 0 spiro atoms. The molecule has 1 aliphatic carbocycles. The second-order valence-electron chi connectivity index (χ2n) is 7.43. The molecule has 0 amide bonds. The first-order valence-electron chi connectivity index (χ1n) is 9.97. The molecule has 0 atom stereocenters. The smallest absolute Gasteiger partial charge is 0.184 e. The first-order valence-corrected chi connectivity index (χ1v) is 10.8. The molecule has 136 valence electrons. The third-order valence-electron chi connectivity index (χ3n) is 5.72. The van der Waals surface area contributed by atoms with Gasteiger partial charge >= 0.3 is 0 Å². The Labute approximate surface area is 160 Å². The Kier molecular flexibility index (Phi) is 4.99. The number of fused-ring (bicyclic) bond motifs is 1. The number of rotatable bonds is 6. The van der Waals surface area contributed by atoms with Crippen LogP contribution in [-0.4, -0.2) is 11.1 Å². The fraction of sp³-hybridized carbons (Fsp3) is 0.435. The molecule has 0 unspecified atom stereocenters. The lowest BCUT2D eigenvalue weighted by atomic mass is 9.62. The maximum absolute atomic E-state index is 4.86. The highest BCUT2D eigenvalue weighted by molar-refractivity contribution is 7.07. The Morgan fingerprint density at radius 2 is 1.85 bits per heavy atom. The lowest BCUT2D eigenvalue weighted by Crippen LogP contribution is -2.39. The SMILES string of the molecule is CCC/N=c1\scc(C2(c3ccc4ccccc4c3)CCC2)n1CCC. The number of benzene rings is 2. The van der Waals surface area contributed by atoms with Gasteiger partial charge in [-0.15, -0.1) is 11.3 Å². The second kappa shape index (κ2) is 7.40. The molecule has 1 saturated carbocycles. The highest BCUT2D eigenvalue weighted by atomic mass is 32.1. The van der Waals surface area contributed by atoms with Crippen LogP contribution < -0.4 is 4.80 Å². The molecule has 0 radical (unpaired) electrons. The number of nitrogens with zero attached hydrogens (tertiary/aromatic N) is 2. The van der Waals surface area contributed by atoms with E-state index in [0.29, 0.717) is 0 Å². The van der Waals surface area contributed by atoms with Crippen LogP contribution in [0.25, 0.3) is 10.8 Å². The monoisotopic (exact) mass is 364 g/mol. The van der Waals surface area contributed by atoms with E-state index in [-0.39, 0.29) is 5.41 Å². The van der Waals surface area contributed by atoms with Gasteiger partial charge in [0.15, 0.2) is 4.80 Å². The van der Waals surface area contributed by atoms with Crippen molar-refractivity contribution in [2.75, 3.05) is 6.54 Å². The average molecular weight is 365 g/mol. The van der Waals surface area contributed by atoms with Crippen molar-refractivity contribution in [3.8, 4) is 0 Å². The molecule has 1 fully saturated rings. The Balaban J connectivity index is 1.84. The van der Waals surface area contributed by atoms with E-state index in [2.05, 4.69) is 66.3 Å². The highest BCUT2D eigenvalue weighted by Gasteiger charge is 2.42. The third kappa shape index (κ3) is 2.92. The summed E-state index contributed by atoms with van der Waals surface area (Å²) in [7, 11) is 0. The van der Waals surface area contributed by atoms with Crippen LogP contribution in [-0.2, 0) is 12.0 Å². The molecule has 0 aliphatic heterocycles. The van der Waals surface area contributed by atoms with Gasteiger partial charge in [0.05, 0.1) is 0 Å². The van der Waals surface area contributed by atoms with Gasteiger partial charge in [0.2, 0.25) is 0 Å². The summed E-state index contributed by atoms with van der Waals surface area (Å²) in [5.74, 6) is 0. The lowest BCUT2D eigenvalue weighted by Gasteiger charge is -2.43. The quantitative estimate of drug-likeness (QED) is 0.518. The first kappa shape index (κ1) is 17.5. The van der Waals surface area contributed by atoms with Crippen molar-refractivity contribution in [1.82, 2.24) is 4.57 Å². The van der Waals surface area contributed by atoms with Crippen LogP contribution in [0.3, 0.4) is 0 Å². The molecule has 0 saturated heterocycles. The topological polar surface area (TPSA) is 17.3 Å². The van der Waals surface area contributed by atoms with E-state index < -0.39 is 0 Å². The van der Waals surface area contributed by atoms with Gasteiger partial charge in [0, 0.05) is 29.6 Å². The van der Waals surface area contributed by atoms with Crippen LogP contribution >= 0.6 is 11.3 Å². The van der Waals surface area contributed by atoms with Crippen LogP contribution in [0.1, 0.15) is 57.2 Å². The zero-order valence-electron chi connectivity index (χ0n) is 15.9. The van der Waals surface area contributed by atoms with Gasteiger partial charge < -0.3 is 4.57 Å². The van der Waals surface area contributed by atoms with Crippen molar-refractivity contribution in [2.45, 2.75) is 57.9 Å². The molecule has 1 aromatic heterocycles. The summed E-state index contributed by atoms with van der Waals surface area (Å²) in [4.78, 5) is 6.07. The maximum Gasteiger partial charge on any atom is 0.184 e. The van der Waals surface area contributed by atoms with E-state index in [4.69, 9.17) is 4.99 Å². The maximum atomic E-state index is 4.86. The molecular weight excluding hydrogens is 336 g/mol. The van der Waals surface area contributed by atoms with Gasteiger partial charge in [-0.3, -0.25) is 4.99 Å². The summed E-state index contributed by atoms with van der Waals surface area (Å²) >= 11 is 1.83. The minimum absolute atomic E-state index is 0.176. The van der Waals surface area contributed by atoms with Crippen molar-refractivity contribution in [3.63, 3.8) is 0 Å². The van der Waals surface area contributed by atoms with E-state index in [1.807, 2.05) is 11.3 Å². The molecule has 1 heterocycles. The molecule has 3 aromatic rings. The minimum Gasteiger partial charge on any atom is -0.320 e. The Hall–Kier alpha value is -1.87. The first-order chi connectivity index (χ1) is 12.8. The predicted molar refractivity (Wildman–Crippen MR) is 112 cm³/mol. The summed E-state index contributed by atoms with van der Waals surface area (Å²) in [5, 5.41) is 5.07. The van der Waals surface area contributed by atoms with Crippen molar-refractivity contribution >= 4 is 22.1 Å². The fourth-order valence-electron chi connectivity index (χ4n) is 4.19. The molecule has 4 rings (SSSR count). The van der Waals surface area contributed by atoms with Gasteiger partial charge in [-0.05, 0) is 42.0 Å². The Morgan fingerprint density at radius 1 is 1.04 bits per heavy atom. The van der Waals surface area contributed by atoms with Crippen LogP contribution in [0.15, 0.2) is 52.8 Å². The predicted octanol–water partition coefficient (Wildman–Crippen LogP) is 5.89. The van der Waals surface area contributed by atoms with Crippen molar-refractivity contribution < 1.29 is 0 Å². The number of aromatic nitrogens is 1. The van der Waals surface area contributed by atoms with Crippen molar-refractivity contribution in [1.29, 1.82) is 0 Å². The van der Waals surface area contributed by atoms with Gasteiger partial charge in [0.1, 0.15) is 0 Å². The van der Waals surface area contributed by atoms with Crippen molar-refractivity contribution in [3.05, 3.63) is 63.9 Å². The Bertz CT molecular complexity index is 959. The fourth-order valence-corrected chi connectivity index (χ4v) is 5.24. The van der Waals surface area contributed by atoms with Crippen LogP contribution in [0, 0.1) is 0 Å². The molecule has 2 aromatic carbocycles. The largest absolute Gasteiger partial charge is 0.320 e. The molecular formula is C23H28N2S. The van der Waals surface area contributed by atoms with E-state index in [1.54, 1.807) is 0 Å². The molecule has 3 heteroatoms. The van der Waals surface area contributed by atoms with E-state index in [0.717, 1.165) is 25.9 Å². The summed E-state index contributed by atoms with van der Waals surface area (Å²) in [6.07, 6.45) is 6.07. The molecule has 1 aliphatic rings. The minimum atomic E-state index is 0.176.